The summed E-state index contributed by atoms with van der Waals surface area (Å²) in [5.74, 6) is 1.88. The third kappa shape index (κ3) is 5.41. The van der Waals surface area contributed by atoms with Gasteiger partial charge in [0.25, 0.3) is 0 Å². The van der Waals surface area contributed by atoms with Crippen molar-refractivity contribution >= 4 is 0 Å². The minimum Gasteiger partial charge on any atom is -0.497 e. The van der Waals surface area contributed by atoms with Gasteiger partial charge in [-0.1, -0.05) is 12.1 Å². The molecule has 0 radical (unpaired) electrons. The zero-order valence-corrected chi connectivity index (χ0v) is 14.9. The summed E-state index contributed by atoms with van der Waals surface area (Å²) in [6, 6.07) is 12.0. The van der Waals surface area contributed by atoms with E-state index in [-0.39, 0.29) is 5.57 Å². The highest BCUT2D eigenvalue weighted by atomic mass is 16.5. The first kappa shape index (κ1) is 18.6. The first-order chi connectivity index (χ1) is 12.2. The van der Waals surface area contributed by atoms with Crippen molar-refractivity contribution in [2.24, 2.45) is 5.92 Å². The highest BCUT2D eigenvalue weighted by Crippen LogP contribution is 2.19. The largest absolute Gasteiger partial charge is 0.497 e. The molecule has 1 fully saturated rings. The van der Waals surface area contributed by atoms with E-state index in [2.05, 4.69) is 27.7 Å². The first-order valence-electron chi connectivity index (χ1n) is 8.51. The van der Waals surface area contributed by atoms with Crippen molar-refractivity contribution in [3.8, 4) is 17.9 Å². The maximum atomic E-state index is 8.98. The van der Waals surface area contributed by atoms with E-state index in [4.69, 9.17) is 15.3 Å². The number of allylic oxidation sites excluding steroid dienone is 1. The molecule has 6 nitrogen and oxygen atoms in total. The van der Waals surface area contributed by atoms with Crippen LogP contribution in [-0.2, 0) is 6.54 Å². The first-order valence-corrected chi connectivity index (χ1v) is 8.51. The molecule has 1 aliphatic rings. The second-order valence-electron chi connectivity index (χ2n) is 6.20. The number of benzene rings is 1. The van der Waals surface area contributed by atoms with Gasteiger partial charge in [-0.15, -0.1) is 0 Å². The number of hydrogen-bond donors (Lipinski definition) is 2. The van der Waals surface area contributed by atoms with Crippen molar-refractivity contribution < 1.29 is 4.74 Å². The molecular weight excluding hydrogens is 314 g/mol. The normalized spacial score (nSPS) is 17.0. The van der Waals surface area contributed by atoms with E-state index in [1.165, 1.54) is 5.56 Å². The smallest absolute Gasteiger partial charge is 0.169 e. The summed E-state index contributed by atoms with van der Waals surface area (Å²) in [4.78, 5) is 2.45. The van der Waals surface area contributed by atoms with Gasteiger partial charge in [-0.3, -0.25) is 4.90 Å². The summed E-state index contributed by atoms with van der Waals surface area (Å²) in [6.45, 7) is 3.78. The van der Waals surface area contributed by atoms with Crippen LogP contribution in [0.2, 0.25) is 0 Å². The molecule has 1 aromatic carbocycles. The quantitative estimate of drug-likeness (QED) is 0.739. The molecule has 1 heterocycles. The van der Waals surface area contributed by atoms with Crippen LogP contribution in [0.3, 0.4) is 0 Å². The third-order valence-electron chi connectivity index (χ3n) is 4.46. The van der Waals surface area contributed by atoms with Crippen molar-refractivity contribution in [3.05, 3.63) is 41.2 Å². The fraction of sp³-hybridized carbons (Fsp3) is 0.474. The number of hydrogen-bond acceptors (Lipinski definition) is 6. The van der Waals surface area contributed by atoms with Gasteiger partial charge in [0, 0.05) is 26.7 Å². The van der Waals surface area contributed by atoms with Crippen LogP contribution in [0.15, 0.2) is 35.7 Å². The predicted molar refractivity (Wildman–Crippen MR) is 96.3 cm³/mol. The Hall–Kier alpha value is -2.70. The molecule has 132 valence electrons. The lowest BCUT2D eigenvalue weighted by Gasteiger charge is -2.33. The fourth-order valence-corrected chi connectivity index (χ4v) is 3.14. The van der Waals surface area contributed by atoms with Crippen LogP contribution in [-0.4, -0.2) is 38.7 Å². The number of rotatable bonds is 7. The number of ether oxygens (including phenoxy) is 1. The number of nitriles is 2. The minimum absolute atomic E-state index is 0.0911. The summed E-state index contributed by atoms with van der Waals surface area (Å²) in [6.07, 6.45) is 2.31. The Morgan fingerprint density at radius 2 is 2.00 bits per heavy atom. The second-order valence-corrected chi connectivity index (χ2v) is 6.20. The number of likely N-dealkylation sites (tertiary alicyclic amines) is 1. The predicted octanol–water partition coefficient (Wildman–Crippen LogP) is 1.97. The Morgan fingerprint density at radius 3 is 2.60 bits per heavy atom. The Morgan fingerprint density at radius 1 is 1.28 bits per heavy atom. The van der Waals surface area contributed by atoms with E-state index in [1.54, 1.807) is 14.2 Å². The van der Waals surface area contributed by atoms with E-state index in [9.17, 15) is 0 Å². The lowest BCUT2D eigenvalue weighted by molar-refractivity contribution is 0.166. The summed E-state index contributed by atoms with van der Waals surface area (Å²) in [7, 11) is 3.39. The van der Waals surface area contributed by atoms with Gasteiger partial charge in [-0.05, 0) is 43.0 Å². The third-order valence-corrected chi connectivity index (χ3v) is 4.46. The minimum atomic E-state index is 0.0911. The SMILES string of the molecule is CNC(NCC1CCCN(Cc2ccc(OC)cc2)C1)=C(C#N)C#N. The molecule has 1 aromatic rings. The van der Waals surface area contributed by atoms with Crippen LogP contribution in [0, 0.1) is 28.6 Å². The van der Waals surface area contributed by atoms with Gasteiger partial charge >= 0.3 is 0 Å². The molecule has 0 bridgehead atoms. The fourth-order valence-electron chi connectivity index (χ4n) is 3.14. The average Bonchev–Trinajstić information content (AvgIpc) is 2.66. The molecule has 0 amide bonds. The summed E-state index contributed by atoms with van der Waals surface area (Å²) < 4.78 is 5.20. The van der Waals surface area contributed by atoms with Crippen molar-refractivity contribution in [1.82, 2.24) is 15.5 Å². The number of methoxy groups -OCH3 is 1. The van der Waals surface area contributed by atoms with E-state index in [0.717, 1.165) is 44.8 Å². The van der Waals surface area contributed by atoms with Crippen LogP contribution >= 0.6 is 0 Å². The molecule has 0 aliphatic carbocycles. The highest BCUT2D eigenvalue weighted by Gasteiger charge is 2.20. The summed E-state index contributed by atoms with van der Waals surface area (Å²) in [5, 5.41) is 24.1. The Labute approximate surface area is 149 Å². The number of nitrogens with zero attached hydrogens (tertiary/aromatic N) is 3. The molecule has 2 rings (SSSR count). The van der Waals surface area contributed by atoms with Crippen molar-refractivity contribution in [2.75, 3.05) is 33.8 Å². The summed E-state index contributed by atoms with van der Waals surface area (Å²) >= 11 is 0. The number of nitrogens with one attached hydrogen (secondary N) is 2. The zero-order valence-electron chi connectivity index (χ0n) is 14.9. The lowest BCUT2D eigenvalue weighted by Crippen LogP contribution is -2.40. The van der Waals surface area contributed by atoms with E-state index in [0.29, 0.717) is 11.7 Å². The van der Waals surface area contributed by atoms with Crippen molar-refractivity contribution in [1.29, 1.82) is 10.5 Å². The molecule has 2 N–H and O–H groups in total. The molecule has 1 aliphatic heterocycles. The Kier molecular flexibility index (Phi) is 7.13. The van der Waals surface area contributed by atoms with Gasteiger partial charge in [0.1, 0.15) is 23.7 Å². The Bertz CT molecular complexity index is 653. The standard InChI is InChI=1S/C19H25N5O/c1-22-19(17(10-20)11-21)23-12-16-4-3-9-24(14-16)13-15-5-7-18(25-2)8-6-15/h5-8,16,22-23H,3-4,9,12-14H2,1-2H3. The van der Waals surface area contributed by atoms with Crippen LogP contribution < -0.4 is 15.4 Å². The van der Waals surface area contributed by atoms with Crippen LogP contribution in [0.25, 0.3) is 0 Å². The molecule has 0 spiro atoms. The lowest BCUT2D eigenvalue weighted by atomic mass is 9.97. The van der Waals surface area contributed by atoms with Crippen molar-refractivity contribution in [2.45, 2.75) is 19.4 Å². The van der Waals surface area contributed by atoms with Crippen LogP contribution in [0.5, 0.6) is 5.75 Å². The summed E-state index contributed by atoms with van der Waals surface area (Å²) in [5.41, 5.74) is 1.37. The second kappa shape index (κ2) is 9.56. The van der Waals surface area contributed by atoms with E-state index < -0.39 is 0 Å². The molecule has 0 saturated carbocycles. The van der Waals surface area contributed by atoms with Gasteiger partial charge in [0.2, 0.25) is 0 Å². The molecule has 1 atom stereocenters. The average molecular weight is 339 g/mol. The maximum Gasteiger partial charge on any atom is 0.169 e. The van der Waals surface area contributed by atoms with Gasteiger partial charge < -0.3 is 15.4 Å². The van der Waals surface area contributed by atoms with Crippen LogP contribution in [0.1, 0.15) is 18.4 Å². The molecular formula is C19H25N5O. The maximum absolute atomic E-state index is 8.98. The monoisotopic (exact) mass is 339 g/mol. The molecule has 25 heavy (non-hydrogen) atoms. The van der Waals surface area contributed by atoms with Gasteiger partial charge in [0.05, 0.1) is 7.11 Å². The van der Waals surface area contributed by atoms with Crippen LogP contribution in [0.4, 0.5) is 0 Å². The van der Waals surface area contributed by atoms with Gasteiger partial charge in [0.15, 0.2) is 5.57 Å². The van der Waals surface area contributed by atoms with Gasteiger partial charge in [-0.25, -0.2) is 0 Å². The zero-order chi connectivity index (χ0) is 18.1. The Balaban J connectivity index is 1.89. The van der Waals surface area contributed by atoms with Gasteiger partial charge in [-0.2, -0.15) is 10.5 Å². The van der Waals surface area contributed by atoms with E-state index in [1.807, 2.05) is 24.3 Å². The highest BCUT2D eigenvalue weighted by molar-refractivity contribution is 5.38. The van der Waals surface area contributed by atoms with Crippen molar-refractivity contribution in [3.63, 3.8) is 0 Å². The molecule has 0 aromatic heterocycles. The molecule has 1 unspecified atom stereocenters. The molecule has 6 heteroatoms. The number of piperidine rings is 1. The molecule has 1 saturated heterocycles. The van der Waals surface area contributed by atoms with E-state index >= 15 is 0 Å². The topological polar surface area (TPSA) is 84.1 Å².